The van der Waals surface area contributed by atoms with Gasteiger partial charge < -0.3 is 9.88 Å². The minimum absolute atomic E-state index is 0.0604. The zero-order valence-corrected chi connectivity index (χ0v) is 16.3. The van der Waals surface area contributed by atoms with E-state index in [-0.39, 0.29) is 11.7 Å². The van der Waals surface area contributed by atoms with Crippen molar-refractivity contribution in [3.63, 3.8) is 0 Å². The predicted molar refractivity (Wildman–Crippen MR) is 114 cm³/mol. The molecule has 0 aliphatic heterocycles. The number of nitrogens with zero attached hydrogens (tertiary/aromatic N) is 3. The van der Waals surface area contributed by atoms with E-state index in [9.17, 15) is 4.79 Å². The van der Waals surface area contributed by atoms with Crippen LogP contribution in [0.15, 0.2) is 78.0 Å². The standard InChI is InChI=1S/C22H20N4OS/c1-26-20(14-17-10-7-9-16-8-5-6-13-19(16)17)24-25-22(26)28-15-21(27)23-18-11-3-2-4-12-18/h2-13H,14-15H2,1H3,(H,23,27). The number of nitrogens with one attached hydrogen (secondary N) is 1. The van der Waals surface area contributed by atoms with Crippen molar-refractivity contribution >= 4 is 34.1 Å². The number of rotatable bonds is 6. The van der Waals surface area contributed by atoms with Gasteiger partial charge in [-0.3, -0.25) is 4.79 Å². The summed E-state index contributed by atoms with van der Waals surface area (Å²) in [5.41, 5.74) is 2.01. The molecule has 1 aromatic heterocycles. The molecule has 4 aromatic rings. The second-order valence-corrected chi connectivity index (χ2v) is 7.42. The number of para-hydroxylation sites is 1. The van der Waals surface area contributed by atoms with Gasteiger partial charge in [0.15, 0.2) is 5.16 Å². The van der Waals surface area contributed by atoms with Gasteiger partial charge in [0.05, 0.1) is 5.75 Å². The Balaban J connectivity index is 1.43. The van der Waals surface area contributed by atoms with Crippen molar-refractivity contribution in [1.29, 1.82) is 0 Å². The molecule has 0 atom stereocenters. The number of hydrogen-bond donors (Lipinski definition) is 1. The van der Waals surface area contributed by atoms with Gasteiger partial charge >= 0.3 is 0 Å². The lowest BCUT2D eigenvalue weighted by Gasteiger charge is -2.07. The van der Waals surface area contributed by atoms with Gasteiger partial charge in [-0.2, -0.15) is 0 Å². The summed E-state index contributed by atoms with van der Waals surface area (Å²) in [6.45, 7) is 0. The molecule has 0 aliphatic rings. The molecule has 0 unspecified atom stereocenters. The average Bonchev–Trinajstić information content (AvgIpc) is 3.07. The highest BCUT2D eigenvalue weighted by molar-refractivity contribution is 7.99. The molecule has 1 amide bonds. The first-order chi connectivity index (χ1) is 13.7. The number of amides is 1. The Labute approximate surface area is 167 Å². The maximum absolute atomic E-state index is 12.2. The number of carbonyl (C=O) groups excluding carboxylic acids is 1. The zero-order chi connectivity index (χ0) is 19.3. The number of fused-ring (bicyclic) bond motifs is 1. The molecular weight excluding hydrogens is 368 g/mol. The minimum Gasteiger partial charge on any atom is -0.325 e. The van der Waals surface area contributed by atoms with Gasteiger partial charge in [-0.1, -0.05) is 72.4 Å². The van der Waals surface area contributed by atoms with E-state index in [0.29, 0.717) is 6.42 Å². The van der Waals surface area contributed by atoms with Gasteiger partial charge in [0.2, 0.25) is 5.91 Å². The van der Waals surface area contributed by atoms with Crippen LogP contribution in [0.1, 0.15) is 11.4 Å². The molecule has 0 aliphatic carbocycles. The Bertz CT molecular complexity index is 1100. The first-order valence-electron chi connectivity index (χ1n) is 9.03. The molecule has 1 N–H and O–H groups in total. The monoisotopic (exact) mass is 388 g/mol. The van der Waals surface area contributed by atoms with Gasteiger partial charge in [0, 0.05) is 19.2 Å². The fourth-order valence-corrected chi connectivity index (χ4v) is 3.82. The highest BCUT2D eigenvalue weighted by Gasteiger charge is 2.13. The Kier molecular flexibility index (Phi) is 5.39. The normalized spacial score (nSPS) is 10.9. The Hall–Kier alpha value is -3.12. The van der Waals surface area contributed by atoms with Crippen LogP contribution in [-0.4, -0.2) is 26.4 Å². The second kappa shape index (κ2) is 8.27. The van der Waals surface area contributed by atoms with E-state index in [1.165, 1.54) is 28.1 Å². The van der Waals surface area contributed by atoms with Gasteiger partial charge in [-0.25, -0.2) is 0 Å². The van der Waals surface area contributed by atoms with Crippen molar-refractivity contribution in [1.82, 2.24) is 14.8 Å². The molecule has 0 fully saturated rings. The number of carbonyl (C=O) groups is 1. The molecular formula is C22H20N4OS. The van der Waals surface area contributed by atoms with E-state index in [2.05, 4.69) is 51.9 Å². The number of benzene rings is 3. The first kappa shape index (κ1) is 18.3. The quantitative estimate of drug-likeness (QED) is 0.501. The maximum Gasteiger partial charge on any atom is 0.234 e. The molecule has 0 radical (unpaired) electrons. The summed E-state index contributed by atoms with van der Waals surface area (Å²) in [6.07, 6.45) is 0.696. The van der Waals surface area contributed by atoms with Gasteiger partial charge in [0.1, 0.15) is 5.82 Å². The smallest absolute Gasteiger partial charge is 0.234 e. The van der Waals surface area contributed by atoms with Crippen LogP contribution in [0.2, 0.25) is 0 Å². The summed E-state index contributed by atoms with van der Waals surface area (Å²) in [7, 11) is 1.94. The lowest BCUT2D eigenvalue weighted by molar-refractivity contribution is -0.113. The Morgan fingerprint density at radius 3 is 2.57 bits per heavy atom. The number of aromatic nitrogens is 3. The summed E-state index contributed by atoms with van der Waals surface area (Å²) in [5.74, 6) is 1.10. The van der Waals surface area contributed by atoms with Gasteiger partial charge in [0.25, 0.3) is 0 Å². The molecule has 6 heteroatoms. The van der Waals surface area contributed by atoms with Crippen LogP contribution in [0.3, 0.4) is 0 Å². The van der Waals surface area contributed by atoms with E-state index in [1.807, 2.05) is 48.0 Å². The summed E-state index contributed by atoms with van der Waals surface area (Å²) in [5, 5.41) is 14.7. The largest absolute Gasteiger partial charge is 0.325 e. The van der Waals surface area contributed by atoms with E-state index in [0.717, 1.165) is 16.7 Å². The topological polar surface area (TPSA) is 59.8 Å². The van der Waals surface area contributed by atoms with Crippen molar-refractivity contribution in [3.05, 3.63) is 84.2 Å². The molecule has 28 heavy (non-hydrogen) atoms. The number of hydrogen-bond acceptors (Lipinski definition) is 4. The minimum atomic E-state index is -0.0604. The van der Waals surface area contributed by atoms with Crippen molar-refractivity contribution in [2.45, 2.75) is 11.6 Å². The van der Waals surface area contributed by atoms with Crippen LogP contribution in [0.25, 0.3) is 10.8 Å². The molecule has 0 saturated heterocycles. The third-order valence-electron chi connectivity index (χ3n) is 4.54. The molecule has 1 heterocycles. The van der Waals surface area contributed by atoms with E-state index in [4.69, 9.17) is 0 Å². The molecule has 4 rings (SSSR count). The third-order valence-corrected chi connectivity index (χ3v) is 5.56. The van der Waals surface area contributed by atoms with Crippen molar-refractivity contribution in [2.24, 2.45) is 7.05 Å². The number of anilines is 1. The van der Waals surface area contributed by atoms with E-state index < -0.39 is 0 Å². The van der Waals surface area contributed by atoms with Crippen molar-refractivity contribution < 1.29 is 4.79 Å². The highest BCUT2D eigenvalue weighted by atomic mass is 32.2. The van der Waals surface area contributed by atoms with Crippen LogP contribution < -0.4 is 5.32 Å². The number of thioether (sulfide) groups is 1. The summed E-state index contributed by atoms with van der Waals surface area (Å²) < 4.78 is 1.96. The molecule has 140 valence electrons. The molecule has 0 bridgehead atoms. The van der Waals surface area contributed by atoms with Crippen LogP contribution in [-0.2, 0) is 18.3 Å². The molecule has 3 aromatic carbocycles. The van der Waals surface area contributed by atoms with Crippen molar-refractivity contribution in [3.8, 4) is 0 Å². The van der Waals surface area contributed by atoms with Crippen LogP contribution in [0, 0.1) is 0 Å². The fourth-order valence-electron chi connectivity index (χ4n) is 3.09. The van der Waals surface area contributed by atoms with Crippen LogP contribution >= 0.6 is 11.8 Å². The SMILES string of the molecule is Cn1c(Cc2cccc3ccccc23)nnc1SCC(=O)Nc1ccccc1. The molecule has 5 nitrogen and oxygen atoms in total. The highest BCUT2D eigenvalue weighted by Crippen LogP contribution is 2.22. The molecule has 0 spiro atoms. The van der Waals surface area contributed by atoms with Crippen molar-refractivity contribution in [2.75, 3.05) is 11.1 Å². The van der Waals surface area contributed by atoms with Crippen LogP contribution in [0.4, 0.5) is 5.69 Å². The third kappa shape index (κ3) is 4.07. The van der Waals surface area contributed by atoms with Crippen LogP contribution in [0.5, 0.6) is 0 Å². The Morgan fingerprint density at radius 2 is 1.71 bits per heavy atom. The fraction of sp³-hybridized carbons (Fsp3) is 0.136. The lowest BCUT2D eigenvalue weighted by Crippen LogP contribution is -2.14. The van der Waals surface area contributed by atoms with Gasteiger partial charge in [-0.05, 0) is 28.5 Å². The van der Waals surface area contributed by atoms with Gasteiger partial charge in [-0.15, -0.1) is 10.2 Å². The average molecular weight is 388 g/mol. The summed E-state index contributed by atoms with van der Waals surface area (Å²) in [4.78, 5) is 12.2. The first-order valence-corrected chi connectivity index (χ1v) is 10.0. The lowest BCUT2D eigenvalue weighted by atomic mass is 10.0. The summed E-state index contributed by atoms with van der Waals surface area (Å²) in [6, 6.07) is 24.1. The second-order valence-electron chi connectivity index (χ2n) is 6.48. The zero-order valence-electron chi connectivity index (χ0n) is 15.5. The predicted octanol–water partition coefficient (Wildman–Crippen LogP) is 4.29. The molecule has 0 saturated carbocycles. The summed E-state index contributed by atoms with van der Waals surface area (Å²) >= 11 is 1.39. The maximum atomic E-state index is 12.2. The Morgan fingerprint density at radius 1 is 0.964 bits per heavy atom. The van der Waals surface area contributed by atoms with E-state index >= 15 is 0 Å². The van der Waals surface area contributed by atoms with E-state index in [1.54, 1.807) is 0 Å².